The van der Waals surface area contributed by atoms with Crippen LogP contribution in [-0.2, 0) is 19.5 Å². The largest absolute Gasteiger partial charge is 0.357 e. The molecule has 0 spiro atoms. The highest BCUT2D eigenvalue weighted by molar-refractivity contribution is 5.80. The summed E-state index contributed by atoms with van der Waals surface area (Å²) in [5, 5.41) is 11.2. The third-order valence-corrected chi connectivity index (χ3v) is 5.03. The van der Waals surface area contributed by atoms with Crippen molar-refractivity contribution in [1.82, 2.24) is 30.3 Å². The zero-order chi connectivity index (χ0) is 19.1. The quantitative estimate of drug-likeness (QED) is 0.574. The monoisotopic (exact) mass is 369 g/mol. The lowest BCUT2D eigenvalue weighted by Gasteiger charge is -2.27. The fraction of sp³-hybridized carbons (Fsp3) is 0.550. The van der Waals surface area contributed by atoms with Gasteiger partial charge in [0.15, 0.2) is 5.96 Å². The van der Waals surface area contributed by atoms with Gasteiger partial charge in [0.25, 0.3) is 0 Å². The highest BCUT2D eigenvalue weighted by Gasteiger charge is 2.20. The summed E-state index contributed by atoms with van der Waals surface area (Å²) in [6.45, 7) is 7.68. The van der Waals surface area contributed by atoms with Gasteiger partial charge in [-0.2, -0.15) is 5.10 Å². The van der Waals surface area contributed by atoms with Crippen LogP contribution in [0.2, 0.25) is 0 Å². The van der Waals surface area contributed by atoms with E-state index >= 15 is 0 Å². The lowest BCUT2D eigenvalue weighted by molar-refractivity contribution is 0.255. The van der Waals surface area contributed by atoms with Crippen LogP contribution >= 0.6 is 0 Å². The van der Waals surface area contributed by atoms with Crippen LogP contribution < -0.4 is 10.6 Å². The maximum absolute atomic E-state index is 4.82. The maximum Gasteiger partial charge on any atom is 0.191 e. The number of aromatic nitrogens is 3. The van der Waals surface area contributed by atoms with Gasteiger partial charge in [0.1, 0.15) is 12.2 Å². The van der Waals surface area contributed by atoms with E-state index in [1.165, 1.54) is 5.56 Å². The summed E-state index contributed by atoms with van der Waals surface area (Å²) < 4.78 is 1.99. The van der Waals surface area contributed by atoms with Crippen LogP contribution in [0.1, 0.15) is 31.7 Å². The first-order valence-electron chi connectivity index (χ1n) is 9.81. The van der Waals surface area contributed by atoms with Crippen LogP contribution in [-0.4, -0.2) is 57.8 Å². The summed E-state index contributed by atoms with van der Waals surface area (Å²) >= 11 is 0. The SMILES string of the molecule is CCNC(=NCC(C)N(C)Cc1ccccc1)NC1CCc2ncnn2C1. The van der Waals surface area contributed by atoms with Crippen molar-refractivity contribution < 1.29 is 0 Å². The number of aryl methyl sites for hydroxylation is 1. The highest BCUT2D eigenvalue weighted by atomic mass is 15.4. The molecular formula is C20H31N7. The molecule has 1 aliphatic rings. The molecule has 0 saturated carbocycles. The molecule has 2 aromatic rings. The molecule has 1 aromatic heterocycles. The number of fused-ring (bicyclic) bond motifs is 1. The number of rotatable bonds is 7. The Morgan fingerprint density at radius 3 is 2.96 bits per heavy atom. The summed E-state index contributed by atoms with van der Waals surface area (Å²) in [7, 11) is 2.15. The number of nitrogens with zero attached hydrogens (tertiary/aromatic N) is 5. The molecule has 1 aliphatic heterocycles. The minimum absolute atomic E-state index is 0.328. The molecule has 3 rings (SSSR count). The summed E-state index contributed by atoms with van der Waals surface area (Å²) in [5.74, 6) is 1.96. The molecule has 2 N–H and O–H groups in total. The van der Waals surface area contributed by atoms with Crippen molar-refractivity contribution in [3.8, 4) is 0 Å². The molecule has 1 aromatic carbocycles. The fourth-order valence-corrected chi connectivity index (χ4v) is 3.26. The number of nitrogens with one attached hydrogen (secondary N) is 2. The van der Waals surface area contributed by atoms with Gasteiger partial charge in [-0.3, -0.25) is 9.89 Å². The zero-order valence-electron chi connectivity index (χ0n) is 16.6. The molecule has 2 unspecified atom stereocenters. The minimum atomic E-state index is 0.328. The molecule has 2 atom stereocenters. The van der Waals surface area contributed by atoms with E-state index in [0.717, 1.165) is 50.8 Å². The van der Waals surface area contributed by atoms with Gasteiger partial charge in [-0.15, -0.1) is 0 Å². The molecule has 0 aliphatic carbocycles. The summed E-state index contributed by atoms with van der Waals surface area (Å²) in [6, 6.07) is 11.2. The maximum atomic E-state index is 4.82. The first kappa shape index (κ1) is 19.4. The Kier molecular flexibility index (Phi) is 6.81. The summed E-state index contributed by atoms with van der Waals surface area (Å²) in [4.78, 5) is 11.5. The second-order valence-corrected chi connectivity index (χ2v) is 7.21. The van der Waals surface area contributed by atoms with E-state index in [1.54, 1.807) is 6.33 Å². The smallest absolute Gasteiger partial charge is 0.191 e. The number of hydrogen-bond donors (Lipinski definition) is 2. The molecule has 7 heteroatoms. The summed E-state index contributed by atoms with van der Waals surface area (Å²) in [5.41, 5.74) is 1.33. The van der Waals surface area contributed by atoms with Gasteiger partial charge in [0.2, 0.25) is 0 Å². The Bertz CT molecular complexity index is 725. The van der Waals surface area contributed by atoms with E-state index in [-0.39, 0.29) is 0 Å². The van der Waals surface area contributed by atoms with Crippen LogP contribution in [0, 0.1) is 0 Å². The molecule has 7 nitrogen and oxygen atoms in total. The third-order valence-electron chi connectivity index (χ3n) is 5.03. The number of guanidine groups is 1. The summed E-state index contributed by atoms with van der Waals surface area (Å²) in [6.07, 6.45) is 3.64. The van der Waals surface area contributed by atoms with Crippen molar-refractivity contribution in [2.24, 2.45) is 4.99 Å². The van der Waals surface area contributed by atoms with Gasteiger partial charge >= 0.3 is 0 Å². The predicted molar refractivity (Wildman–Crippen MR) is 109 cm³/mol. The Labute approximate surface area is 161 Å². The number of benzene rings is 1. The van der Waals surface area contributed by atoms with Crippen molar-refractivity contribution >= 4 is 5.96 Å². The Balaban J connectivity index is 1.53. The van der Waals surface area contributed by atoms with Crippen LogP contribution in [0.3, 0.4) is 0 Å². The minimum Gasteiger partial charge on any atom is -0.357 e. The Morgan fingerprint density at radius 1 is 1.37 bits per heavy atom. The van der Waals surface area contributed by atoms with Crippen molar-refractivity contribution in [3.05, 3.63) is 48.0 Å². The fourth-order valence-electron chi connectivity index (χ4n) is 3.26. The number of likely N-dealkylation sites (N-methyl/N-ethyl adjacent to an activating group) is 1. The molecule has 2 heterocycles. The van der Waals surface area contributed by atoms with Gasteiger partial charge in [-0.05, 0) is 32.9 Å². The van der Waals surface area contributed by atoms with E-state index in [2.05, 4.69) is 76.8 Å². The van der Waals surface area contributed by atoms with Crippen LogP contribution in [0.4, 0.5) is 0 Å². The third kappa shape index (κ3) is 5.53. The van der Waals surface area contributed by atoms with Gasteiger partial charge in [-0.1, -0.05) is 30.3 Å². The van der Waals surface area contributed by atoms with Gasteiger partial charge in [0, 0.05) is 31.6 Å². The van der Waals surface area contributed by atoms with Crippen LogP contribution in [0.25, 0.3) is 0 Å². The van der Waals surface area contributed by atoms with Crippen LogP contribution in [0.15, 0.2) is 41.7 Å². The van der Waals surface area contributed by atoms with Crippen molar-refractivity contribution in [2.45, 2.75) is 51.9 Å². The second kappa shape index (κ2) is 9.50. The lowest BCUT2D eigenvalue weighted by atomic mass is 10.1. The van der Waals surface area contributed by atoms with E-state index in [0.29, 0.717) is 12.1 Å². The van der Waals surface area contributed by atoms with E-state index in [4.69, 9.17) is 4.99 Å². The molecule has 0 amide bonds. The van der Waals surface area contributed by atoms with E-state index in [1.807, 2.05) is 4.68 Å². The molecule has 146 valence electrons. The first-order valence-corrected chi connectivity index (χ1v) is 9.81. The zero-order valence-corrected chi connectivity index (χ0v) is 16.6. The van der Waals surface area contributed by atoms with E-state index < -0.39 is 0 Å². The Morgan fingerprint density at radius 2 is 2.19 bits per heavy atom. The first-order chi connectivity index (χ1) is 13.2. The van der Waals surface area contributed by atoms with Gasteiger partial charge in [0.05, 0.1) is 13.1 Å². The lowest BCUT2D eigenvalue weighted by Crippen LogP contribution is -2.47. The van der Waals surface area contributed by atoms with E-state index in [9.17, 15) is 0 Å². The van der Waals surface area contributed by atoms with Gasteiger partial charge < -0.3 is 10.6 Å². The number of aliphatic imine (C=N–C) groups is 1. The van der Waals surface area contributed by atoms with Gasteiger partial charge in [-0.25, -0.2) is 9.67 Å². The number of hydrogen-bond acceptors (Lipinski definition) is 4. The molecule has 0 bridgehead atoms. The van der Waals surface area contributed by atoms with Crippen molar-refractivity contribution in [2.75, 3.05) is 20.1 Å². The molecular weight excluding hydrogens is 338 g/mol. The molecule has 27 heavy (non-hydrogen) atoms. The predicted octanol–water partition coefficient (Wildman–Crippen LogP) is 1.67. The second-order valence-electron chi connectivity index (χ2n) is 7.21. The normalized spacial score (nSPS) is 18.2. The van der Waals surface area contributed by atoms with Crippen molar-refractivity contribution in [1.29, 1.82) is 0 Å². The molecule has 0 radical (unpaired) electrons. The topological polar surface area (TPSA) is 70.4 Å². The van der Waals surface area contributed by atoms with Crippen LogP contribution in [0.5, 0.6) is 0 Å². The average molecular weight is 370 g/mol. The average Bonchev–Trinajstić information content (AvgIpc) is 3.14. The highest BCUT2D eigenvalue weighted by Crippen LogP contribution is 2.11. The van der Waals surface area contributed by atoms with Crippen molar-refractivity contribution in [3.63, 3.8) is 0 Å². The Hall–Kier alpha value is -2.41. The molecule has 0 saturated heterocycles. The standard InChI is InChI=1S/C20H31N7/c1-4-21-20(25-18-10-11-19-23-15-24-27(19)14-18)22-12-16(2)26(3)13-17-8-6-5-7-9-17/h5-9,15-16,18H,4,10-14H2,1-3H3,(H2,21,22,25). The molecule has 0 fully saturated rings.